The molecule has 1 atom stereocenters. The van der Waals surface area contributed by atoms with Crippen LogP contribution in [0.15, 0.2) is 85.5 Å². The van der Waals surface area contributed by atoms with Crippen molar-refractivity contribution >= 4 is 17.4 Å². The van der Waals surface area contributed by atoms with Gasteiger partial charge in [-0.2, -0.15) is 0 Å². The highest BCUT2D eigenvalue weighted by Gasteiger charge is 2.45. The van der Waals surface area contributed by atoms with Gasteiger partial charge in [0.2, 0.25) is 6.33 Å². The van der Waals surface area contributed by atoms with Gasteiger partial charge in [-0.3, -0.25) is 14.6 Å². The third-order valence-electron chi connectivity index (χ3n) is 6.02. The second kappa shape index (κ2) is 11.6. The number of benzene rings is 2. The molecule has 1 unspecified atom stereocenters. The molecule has 2 aromatic carbocycles. The molecule has 1 aliphatic rings. The summed E-state index contributed by atoms with van der Waals surface area (Å²) in [5.41, 5.74) is 1.21. The van der Waals surface area contributed by atoms with Gasteiger partial charge in [-0.25, -0.2) is 4.57 Å². The number of aromatic amines is 1. The minimum Gasteiger partial charge on any atom is -0.507 e. The molecule has 1 fully saturated rings. The molecule has 0 aliphatic carbocycles. The van der Waals surface area contributed by atoms with E-state index in [0.29, 0.717) is 48.7 Å². The summed E-state index contributed by atoms with van der Waals surface area (Å²) >= 11 is 0. The number of Topliss-reactive ketones (excluding diaryl/α,β-unsaturated/α-hetero) is 1. The van der Waals surface area contributed by atoms with Crippen LogP contribution in [0.4, 0.5) is 0 Å². The van der Waals surface area contributed by atoms with E-state index in [2.05, 4.69) is 11.6 Å². The lowest BCUT2D eigenvalue weighted by molar-refractivity contribution is -0.695. The number of aryl methyl sites for hydroxylation is 1. The van der Waals surface area contributed by atoms with Gasteiger partial charge in [-0.15, -0.1) is 0 Å². The van der Waals surface area contributed by atoms with Crippen molar-refractivity contribution in [2.24, 2.45) is 0 Å². The summed E-state index contributed by atoms with van der Waals surface area (Å²) < 4.78 is 13.2. The van der Waals surface area contributed by atoms with Crippen LogP contribution in [0.2, 0.25) is 0 Å². The topological polar surface area (TPSA) is 95.7 Å². The molecular formula is C29H32N3O5+. The Kier molecular flexibility index (Phi) is 8.08. The van der Waals surface area contributed by atoms with Crippen LogP contribution >= 0.6 is 0 Å². The average Bonchev–Trinajstić information content (AvgIpc) is 3.50. The summed E-state index contributed by atoms with van der Waals surface area (Å²) in [5.74, 6) is -0.247. The molecule has 0 saturated carbocycles. The van der Waals surface area contributed by atoms with Crippen molar-refractivity contribution in [2.45, 2.75) is 39.0 Å². The van der Waals surface area contributed by atoms with E-state index < -0.39 is 17.7 Å². The second-order valence-electron chi connectivity index (χ2n) is 9.06. The monoisotopic (exact) mass is 502 g/mol. The zero-order valence-electron chi connectivity index (χ0n) is 21.1. The van der Waals surface area contributed by atoms with E-state index in [1.54, 1.807) is 42.5 Å². The van der Waals surface area contributed by atoms with E-state index >= 15 is 0 Å². The number of carbonyl (C=O) groups is 2. The van der Waals surface area contributed by atoms with Gasteiger partial charge in [-0.1, -0.05) is 24.8 Å². The Labute approximate surface area is 216 Å². The number of carbonyl (C=O) groups excluding carboxylic acids is 2. The Morgan fingerprint density at radius 1 is 1.14 bits per heavy atom. The van der Waals surface area contributed by atoms with Gasteiger partial charge in [-0.05, 0) is 55.8 Å². The van der Waals surface area contributed by atoms with Crippen molar-refractivity contribution < 1.29 is 28.7 Å². The van der Waals surface area contributed by atoms with E-state index in [4.69, 9.17) is 9.47 Å². The SMILES string of the molecule is C=CCOc1ccc(C2/C(=C(\O)c3ccc(OC(C)C)cc3)C(=O)C(=O)N2CCC[n+]2cc[nH]c2)cc1. The standard InChI is InChI=1S/C29H31N3O5/c1-4-18-36-23-10-6-21(7-11-23)26-25(27(33)22-8-12-24(13-9-22)37-20(2)3)28(34)29(35)32(26)16-5-15-31-17-14-30-19-31/h4,6-14,17,19-20,26H,1,5,15-16,18H2,2-3H3,(H,33,34)/p+1. The Morgan fingerprint density at radius 2 is 1.84 bits per heavy atom. The lowest BCUT2D eigenvalue weighted by atomic mass is 9.95. The summed E-state index contributed by atoms with van der Waals surface area (Å²) in [6, 6.07) is 13.3. The molecule has 1 saturated heterocycles. The molecule has 8 nitrogen and oxygen atoms in total. The fourth-order valence-corrected chi connectivity index (χ4v) is 4.36. The lowest BCUT2D eigenvalue weighted by Crippen LogP contribution is -2.36. The number of ether oxygens (including phenoxy) is 2. The van der Waals surface area contributed by atoms with Crippen molar-refractivity contribution in [2.75, 3.05) is 13.2 Å². The summed E-state index contributed by atoms with van der Waals surface area (Å²) in [6.45, 7) is 8.90. The normalized spacial score (nSPS) is 16.8. The van der Waals surface area contributed by atoms with E-state index in [0.717, 1.165) is 0 Å². The average molecular weight is 503 g/mol. The van der Waals surface area contributed by atoms with Crippen molar-refractivity contribution in [3.8, 4) is 11.5 Å². The van der Waals surface area contributed by atoms with Gasteiger partial charge >= 0.3 is 0 Å². The van der Waals surface area contributed by atoms with E-state index in [9.17, 15) is 14.7 Å². The van der Waals surface area contributed by atoms with Gasteiger partial charge in [0.25, 0.3) is 11.7 Å². The lowest BCUT2D eigenvalue weighted by Gasteiger charge is -2.25. The highest BCUT2D eigenvalue weighted by atomic mass is 16.5. The van der Waals surface area contributed by atoms with Crippen LogP contribution < -0.4 is 14.0 Å². The van der Waals surface area contributed by atoms with Crippen LogP contribution in [0.3, 0.4) is 0 Å². The molecule has 1 aromatic heterocycles. The van der Waals surface area contributed by atoms with Crippen molar-refractivity contribution in [3.05, 3.63) is 96.6 Å². The van der Waals surface area contributed by atoms with Crippen LogP contribution in [-0.2, 0) is 16.1 Å². The Balaban J connectivity index is 1.68. The van der Waals surface area contributed by atoms with E-state index in [-0.39, 0.29) is 17.4 Å². The minimum absolute atomic E-state index is 0.00707. The number of nitrogens with one attached hydrogen (secondary N) is 1. The number of nitrogens with zero attached hydrogens (tertiary/aromatic N) is 2. The molecule has 1 aliphatic heterocycles. The molecule has 8 heteroatoms. The predicted molar refractivity (Wildman–Crippen MR) is 139 cm³/mol. The largest absolute Gasteiger partial charge is 0.507 e. The third-order valence-corrected chi connectivity index (χ3v) is 6.02. The first-order valence-corrected chi connectivity index (χ1v) is 12.3. The van der Waals surface area contributed by atoms with Gasteiger partial charge in [0.15, 0.2) is 0 Å². The maximum Gasteiger partial charge on any atom is 0.295 e. The smallest absolute Gasteiger partial charge is 0.295 e. The number of aromatic nitrogens is 2. The number of aliphatic hydroxyl groups excluding tert-OH is 1. The van der Waals surface area contributed by atoms with E-state index in [1.807, 2.05) is 49.3 Å². The Bertz CT molecular complexity index is 1260. The van der Waals surface area contributed by atoms with Gasteiger partial charge < -0.3 is 19.5 Å². The number of aliphatic hydroxyl groups is 1. The predicted octanol–water partition coefficient (Wildman–Crippen LogP) is 4.17. The molecule has 0 bridgehead atoms. The highest BCUT2D eigenvalue weighted by Crippen LogP contribution is 2.40. The summed E-state index contributed by atoms with van der Waals surface area (Å²) in [7, 11) is 0. The number of amides is 1. The number of rotatable bonds is 11. The summed E-state index contributed by atoms with van der Waals surface area (Å²) in [4.78, 5) is 31.0. The van der Waals surface area contributed by atoms with Crippen molar-refractivity contribution in [1.29, 1.82) is 0 Å². The molecular weight excluding hydrogens is 470 g/mol. The quantitative estimate of drug-likeness (QED) is 0.135. The zero-order valence-corrected chi connectivity index (χ0v) is 21.1. The molecule has 192 valence electrons. The van der Waals surface area contributed by atoms with Crippen LogP contribution in [-0.4, -0.2) is 45.9 Å². The number of likely N-dealkylation sites (tertiary alicyclic amines) is 1. The van der Waals surface area contributed by atoms with Crippen LogP contribution in [0, 0.1) is 0 Å². The van der Waals surface area contributed by atoms with Crippen LogP contribution in [0.1, 0.15) is 37.4 Å². The molecule has 37 heavy (non-hydrogen) atoms. The number of imidazole rings is 1. The van der Waals surface area contributed by atoms with Crippen molar-refractivity contribution in [3.63, 3.8) is 0 Å². The van der Waals surface area contributed by atoms with Crippen LogP contribution in [0.5, 0.6) is 11.5 Å². The molecule has 0 spiro atoms. The molecule has 2 heterocycles. The summed E-state index contributed by atoms with van der Waals surface area (Å²) in [5, 5.41) is 11.3. The molecule has 1 amide bonds. The van der Waals surface area contributed by atoms with Gasteiger partial charge in [0.1, 0.15) is 36.3 Å². The van der Waals surface area contributed by atoms with Gasteiger partial charge in [0, 0.05) is 18.5 Å². The molecule has 2 N–H and O–H groups in total. The minimum atomic E-state index is -0.726. The zero-order chi connectivity index (χ0) is 26.4. The first-order valence-electron chi connectivity index (χ1n) is 12.3. The van der Waals surface area contributed by atoms with Gasteiger partial charge in [0.05, 0.1) is 24.3 Å². The first-order chi connectivity index (χ1) is 17.9. The molecule has 3 aromatic rings. The number of ketones is 1. The highest BCUT2D eigenvalue weighted by molar-refractivity contribution is 6.46. The molecule has 0 radical (unpaired) electrons. The van der Waals surface area contributed by atoms with E-state index in [1.165, 1.54) is 4.90 Å². The number of hydrogen-bond donors (Lipinski definition) is 2. The first kappa shape index (κ1) is 25.8. The fourth-order valence-electron chi connectivity index (χ4n) is 4.36. The number of H-pyrrole nitrogens is 1. The maximum absolute atomic E-state index is 13.2. The Morgan fingerprint density at radius 3 is 2.46 bits per heavy atom. The van der Waals surface area contributed by atoms with Crippen LogP contribution in [0.25, 0.3) is 5.76 Å². The maximum atomic E-state index is 13.2. The third kappa shape index (κ3) is 5.91. The number of hydrogen-bond acceptors (Lipinski definition) is 5. The Hall–Kier alpha value is -4.33. The molecule has 4 rings (SSSR count). The fraction of sp³-hybridized carbons (Fsp3) is 0.276. The summed E-state index contributed by atoms with van der Waals surface area (Å²) in [6.07, 6.45) is 7.85. The second-order valence-corrected chi connectivity index (χ2v) is 9.06. The van der Waals surface area contributed by atoms with Crippen molar-refractivity contribution in [1.82, 2.24) is 9.88 Å².